The van der Waals surface area contributed by atoms with E-state index in [0.717, 1.165) is 19.5 Å². The molecule has 0 aliphatic carbocycles. The quantitative estimate of drug-likeness (QED) is 0.447. The Morgan fingerprint density at radius 3 is 2.91 bits per heavy atom. The molecule has 0 rings (SSSR count). The van der Waals surface area contributed by atoms with Gasteiger partial charge < -0.3 is 10.1 Å². The molecule has 0 heterocycles. The molecule has 0 aromatic rings. The summed E-state index contributed by atoms with van der Waals surface area (Å²) in [5.74, 6) is 0. The summed E-state index contributed by atoms with van der Waals surface area (Å²) >= 11 is 0. The number of hydrogen-bond acceptors (Lipinski definition) is 2. The maximum atomic E-state index is 5.38. The van der Waals surface area contributed by atoms with Gasteiger partial charge in [-0.1, -0.05) is 13.0 Å². The van der Waals surface area contributed by atoms with Crippen LogP contribution in [0, 0.1) is 0 Å². The molecule has 2 heteroatoms. The van der Waals surface area contributed by atoms with Crippen LogP contribution in [0.5, 0.6) is 0 Å². The lowest BCUT2D eigenvalue weighted by Gasteiger charge is -2.10. The Morgan fingerprint density at radius 2 is 2.36 bits per heavy atom. The Bertz CT molecular complexity index is 93.6. The molecule has 0 spiro atoms. The fourth-order valence-corrected chi connectivity index (χ4v) is 0.798. The van der Waals surface area contributed by atoms with Gasteiger partial charge in [0.15, 0.2) is 0 Å². The van der Waals surface area contributed by atoms with Crippen molar-refractivity contribution in [3.8, 4) is 0 Å². The molecule has 0 aromatic carbocycles. The smallest absolute Gasteiger partial charge is 0.0648 e. The molecule has 0 amide bonds. The molecular formula is C9H19NO. The fraction of sp³-hybridized carbons (Fsp3) is 0.778. The summed E-state index contributed by atoms with van der Waals surface area (Å²) in [6.07, 6.45) is 3.19. The van der Waals surface area contributed by atoms with Crippen LogP contribution in [0.25, 0.3) is 0 Å². The maximum Gasteiger partial charge on any atom is 0.0648 e. The molecule has 0 aromatic heterocycles. The molecule has 0 radical (unpaired) electrons. The normalized spacial score (nSPS) is 12.9. The highest BCUT2D eigenvalue weighted by Gasteiger charge is 1.98. The molecule has 0 saturated carbocycles. The third kappa shape index (κ3) is 7.56. The molecule has 0 bridgehead atoms. The van der Waals surface area contributed by atoms with Gasteiger partial charge in [-0.3, -0.25) is 0 Å². The van der Waals surface area contributed by atoms with Crippen LogP contribution in [0.15, 0.2) is 12.7 Å². The molecular weight excluding hydrogens is 138 g/mol. The Balaban J connectivity index is 3.08. The Kier molecular flexibility index (Phi) is 7.52. The molecule has 1 unspecified atom stereocenters. The van der Waals surface area contributed by atoms with Gasteiger partial charge in [0.05, 0.1) is 12.7 Å². The molecule has 66 valence electrons. The van der Waals surface area contributed by atoms with Gasteiger partial charge in [-0.05, 0) is 26.4 Å². The highest BCUT2D eigenvalue weighted by atomic mass is 16.5. The maximum absolute atomic E-state index is 5.38. The Labute approximate surface area is 69.6 Å². The van der Waals surface area contributed by atoms with E-state index in [1.54, 1.807) is 6.08 Å². The SMILES string of the molecule is C=CCOC(C)CCNCC. The van der Waals surface area contributed by atoms with E-state index in [4.69, 9.17) is 4.74 Å². The van der Waals surface area contributed by atoms with Crippen molar-refractivity contribution in [2.24, 2.45) is 0 Å². The molecule has 0 aliphatic heterocycles. The van der Waals surface area contributed by atoms with Gasteiger partial charge >= 0.3 is 0 Å². The van der Waals surface area contributed by atoms with Crippen molar-refractivity contribution in [2.45, 2.75) is 26.4 Å². The zero-order valence-corrected chi connectivity index (χ0v) is 7.60. The van der Waals surface area contributed by atoms with Crippen LogP contribution in [-0.2, 0) is 4.74 Å². The first-order chi connectivity index (χ1) is 5.31. The molecule has 0 saturated heterocycles. The first kappa shape index (κ1) is 10.7. The van der Waals surface area contributed by atoms with Crippen molar-refractivity contribution < 1.29 is 4.74 Å². The van der Waals surface area contributed by atoms with Crippen LogP contribution in [0.4, 0.5) is 0 Å². The van der Waals surface area contributed by atoms with E-state index in [1.807, 2.05) is 0 Å². The number of ether oxygens (including phenoxy) is 1. The largest absolute Gasteiger partial charge is 0.374 e. The number of rotatable bonds is 7. The molecule has 11 heavy (non-hydrogen) atoms. The first-order valence-electron chi connectivity index (χ1n) is 4.24. The molecule has 0 aliphatic rings. The van der Waals surface area contributed by atoms with Crippen LogP contribution in [0.3, 0.4) is 0 Å². The van der Waals surface area contributed by atoms with Crippen molar-refractivity contribution in [2.75, 3.05) is 19.7 Å². The van der Waals surface area contributed by atoms with E-state index < -0.39 is 0 Å². The van der Waals surface area contributed by atoms with E-state index >= 15 is 0 Å². The molecule has 1 N–H and O–H groups in total. The van der Waals surface area contributed by atoms with Crippen LogP contribution < -0.4 is 5.32 Å². The lowest BCUT2D eigenvalue weighted by molar-refractivity contribution is 0.0822. The van der Waals surface area contributed by atoms with Gasteiger partial charge in [-0.15, -0.1) is 6.58 Å². The van der Waals surface area contributed by atoms with E-state index in [-0.39, 0.29) is 0 Å². The minimum Gasteiger partial charge on any atom is -0.374 e. The lowest BCUT2D eigenvalue weighted by Crippen LogP contribution is -2.20. The average molecular weight is 157 g/mol. The van der Waals surface area contributed by atoms with E-state index in [2.05, 4.69) is 25.7 Å². The fourth-order valence-electron chi connectivity index (χ4n) is 0.798. The average Bonchev–Trinajstić information content (AvgIpc) is 2.01. The van der Waals surface area contributed by atoms with Crippen molar-refractivity contribution in [1.29, 1.82) is 0 Å². The summed E-state index contributed by atoms with van der Waals surface area (Å²) in [4.78, 5) is 0. The predicted molar refractivity (Wildman–Crippen MR) is 48.8 cm³/mol. The van der Waals surface area contributed by atoms with Gasteiger partial charge in [-0.2, -0.15) is 0 Å². The summed E-state index contributed by atoms with van der Waals surface area (Å²) in [5.41, 5.74) is 0. The van der Waals surface area contributed by atoms with E-state index in [0.29, 0.717) is 12.7 Å². The second kappa shape index (κ2) is 7.76. The third-order valence-electron chi connectivity index (χ3n) is 1.48. The van der Waals surface area contributed by atoms with Crippen molar-refractivity contribution in [3.63, 3.8) is 0 Å². The Hall–Kier alpha value is -0.340. The monoisotopic (exact) mass is 157 g/mol. The zero-order valence-electron chi connectivity index (χ0n) is 7.60. The molecule has 0 fully saturated rings. The van der Waals surface area contributed by atoms with Gasteiger partial charge in [-0.25, -0.2) is 0 Å². The minimum atomic E-state index is 0.340. The second-order valence-electron chi connectivity index (χ2n) is 2.57. The minimum absolute atomic E-state index is 0.340. The van der Waals surface area contributed by atoms with E-state index in [9.17, 15) is 0 Å². The van der Waals surface area contributed by atoms with Crippen LogP contribution in [0.2, 0.25) is 0 Å². The van der Waals surface area contributed by atoms with Crippen LogP contribution in [0.1, 0.15) is 20.3 Å². The predicted octanol–water partition coefficient (Wildman–Crippen LogP) is 1.58. The summed E-state index contributed by atoms with van der Waals surface area (Å²) in [6.45, 7) is 10.5. The standard InChI is InChI=1S/C9H19NO/c1-4-8-11-9(3)6-7-10-5-2/h4,9-10H,1,5-8H2,2-3H3. The van der Waals surface area contributed by atoms with Gasteiger partial charge in [0.25, 0.3) is 0 Å². The summed E-state index contributed by atoms with van der Waals surface area (Å²) in [5, 5.41) is 3.25. The van der Waals surface area contributed by atoms with Crippen LogP contribution >= 0.6 is 0 Å². The Morgan fingerprint density at radius 1 is 1.64 bits per heavy atom. The van der Waals surface area contributed by atoms with Gasteiger partial charge in [0.2, 0.25) is 0 Å². The highest BCUT2D eigenvalue weighted by Crippen LogP contribution is 1.95. The summed E-state index contributed by atoms with van der Waals surface area (Å²) in [6, 6.07) is 0. The topological polar surface area (TPSA) is 21.3 Å². The first-order valence-corrected chi connectivity index (χ1v) is 4.24. The molecule has 2 nitrogen and oxygen atoms in total. The lowest BCUT2D eigenvalue weighted by atomic mass is 10.3. The van der Waals surface area contributed by atoms with Crippen molar-refractivity contribution >= 4 is 0 Å². The molecule has 1 atom stereocenters. The van der Waals surface area contributed by atoms with Crippen molar-refractivity contribution in [1.82, 2.24) is 5.32 Å². The number of hydrogen-bond donors (Lipinski definition) is 1. The summed E-state index contributed by atoms with van der Waals surface area (Å²) in [7, 11) is 0. The third-order valence-corrected chi connectivity index (χ3v) is 1.48. The van der Waals surface area contributed by atoms with E-state index in [1.165, 1.54) is 0 Å². The van der Waals surface area contributed by atoms with Gasteiger partial charge in [0.1, 0.15) is 0 Å². The zero-order chi connectivity index (χ0) is 8.53. The van der Waals surface area contributed by atoms with Crippen LogP contribution in [-0.4, -0.2) is 25.8 Å². The second-order valence-corrected chi connectivity index (χ2v) is 2.57. The van der Waals surface area contributed by atoms with Crippen molar-refractivity contribution in [3.05, 3.63) is 12.7 Å². The highest BCUT2D eigenvalue weighted by molar-refractivity contribution is 4.65. The van der Waals surface area contributed by atoms with Gasteiger partial charge in [0, 0.05) is 0 Å². The summed E-state index contributed by atoms with van der Waals surface area (Å²) < 4.78 is 5.38. The number of nitrogens with one attached hydrogen (secondary N) is 1.